The van der Waals surface area contributed by atoms with Gasteiger partial charge in [-0.25, -0.2) is 0 Å². The first kappa shape index (κ1) is 17.6. The van der Waals surface area contributed by atoms with Gasteiger partial charge in [0.05, 0.1) is 13.7 Å². The monoisotopic (exact) mass is 319 g/mol. The Balaban J connectivity index is 1.89. The van der Waals surface area contributed by atoms with Crippen LogP contribution in [-0.4, -0.2) is 58.4 Å². The number of methoxy groups -OCH3 is 1. The van der Waals surface area contributed by atoms with Gasteiger partial charge in [-0.1, -0.05) is 25.1 Å². The number of para-hydroxylation sites is 1. The van der Waals surface area contributed by atoms with E-state index in [1.807, 2.05) is 19.2 Å². The summed E-state index contributed by atoms with van der Waals surface area (Å²) in [6, 6.07) is 8.18. The van der Waals surface area contributed by atoms with Crippen LogP contribution < -0.4 is 10.1 Å². The highest BCUT2D eigenvalue weighted by molar-refractivity contribution is 5.79. The van der Waals surface area contributed by atoms with Gasteiger partial charge < -0.3 is 19.7 Å². The van der Waals surface area contributed by atoms with Crippen molar-refractivity contribution in [1.82, 2.24) is 10.2 Å². The average Bonchev–Trinajstić information content (AvgIpc) is 3.08. The third kappa shape index (κ3) is 4.86. The minimum atomic E-state index is 0.339. The minimum absolute atomic E-state index is 0.339. The molecule has 5 heteroatoms. The van der Waals surface area contributed by atoms with Crippen molar-refractivity contribution in [3.05, 3.63) is 29.8 Å². The van der Waals surface area contributed by atoms with Crippen LogP contribution >= 0.6 is 0 Å². The second-order valence-corrected chi connectivity index (χ2v) is 6.18. The van der Waals surface area contributed by atoms with Crippen molar-refractivity contribution in [3.63, 3.8) is 0 Å². The van der Waals surface area contributed by atoms with Crippen molar-refractivity contribution in [1.29, 1.82) is 0 Å². The van der Waals surface area contributed by atoms with E-state index in [2.05, 4.69) is 41.3 Å². The molecule has 1 fully saturated rings. The zero-order chi connectivity index (χ0) is 16.7. The lowest BCUT2D eigenvalue weighted by molar-refractivity contribution is 0.181. The first-order chi connectivity index (χ1) is 11.2. The molecule has 1 heterocycles. The summed E-state index contributed by atoms with van der Waals surface area (Å²) in [5.74, 6) is 2.81. The van der Waals surface area contributed by atoms with Gasteiger partial charge in [0.2, 0.25) is 0 Å². The van der Waals surface area contributed by atoms with Crippen LogP contribution in [-0.2, 0) is 4.74 Å². The SMILES string of the molecule is CN=C(NCC(C)c1ccccc1OC)N(C)CC1CCOC1. The third-order valence-electron chi connectivity index (χ3n) is 4.37. The Hall–Kier alpha value is -1.75. The molecule has 0 aliphatic carbocycles. The Bertz CT molecular complexity index is 513. The third-order valence-corrected chi connectivity index (χ3v) is 4.37. The van der Waals surface area contributed by atoms with E-state index in [4.69, 9.17) is 9.47 Å². The molecule has 1 aromatic rings. The van der Waals surface area contributed by atoms with Crippen LogP contribution in [0.4, 0.5) is 0 Å². The number of rotatable bonds is 6. The summed E-state index contributed by atoms with van der Waals surface area (Å²) in [7, 11) is 5.63. The van der Waals surface area contributed by atoms with Gasteiger partial charge in [-0.2, -0.15) is 0 Å². The first-order valence-corrected chi connectivity index (χ1v) is 8.28. The highest BCUT2D eigenvalue weighted by Gasteiger charge is 2.19. The Morgan fingerprint density at radius 2 is 2.26 bits per heavy atom. The van der Waals surface area contributed by atoms with Gasteiger partial charge in [0.25, 0.3) is 0 Å². The van der Waals surface area contributed by atoms with E-state index >= 15 is 0 Å². The highest BCUT2D eigenvalue weighted by Crippen LogP contribution is 2.25. The smallest absolute Gasteiger partial charge is 0.193 e. The van der Waals surface area contributed by atoms with Crippen molar-refractivity contribution in [2.24, 2.45) is 10.9 Å². The van der Waals surface area contributed by atoms with E-state index < -0.39 is 0 Å². The van der Waals surface area contributed by atoms with Crippen LogP contribution in [0.3, 0.4) is 0 Å². The Morgan fingerprint density at radius 1 is 1.48 bits per heavy atom. The molecular weight excluding hydrogens is 290 g/mol. The van der Waals surface area contributed by atoms with Crippen molar-refractivity contribution >= 4 is 5.96 Å². The molecule has 2 unspecified atom stereocenters. The lowest BCUT2D eigenvalue weighted by atomic mass is 10.0. The molecule has 1 saturated heterocycles. The van der Waals surface area contributed by atoms with Crippen molar-refractivity contribution < 1.29 is 9.47 Å². The average molecular weight is 319 g/mol. The maximum absolute atomic E-state index is 5.45. The van der Waals surface area contributed by atoms with Crippen molar-refractivity contribution in [3.8, 4) is 5.75 Å². The van der Waals surface area contributed by atoms with Crippen LogP contribution in [0, 0.1) is 5.92 Å². The molecule has 1 aliphatic heterocycles. The maximum atomic E-state index is 5.45. The number of hydrogen-bond acceptors (Lipinski definition) is 3. The van der Waals surface area contributed by atoms with Crippen LogP contribution in [0.1, 0.15) is 24.8 Å². The molecule has 128 valence electrons. The van der Waals surface area contributed by atoms with E-state index in [0.29, 0.717) is 11.8 Å². The fraction of sp³-hybridized carbons (Fsp3) is 0.611. The number of nitrogens with zero attached hydrogens (tertiary/aromatic N) is 2. The van der Waals surface area contributed by atoms with Gasteiger partial charge in [-0.3, -0.25) is 4.99 Å². The summed E-state index contributed by atoms with van der Waals surface area (Å²) in [4.78, 5) is 6.59. The van der Waals surface area contributed by atoms with Crippen molar-refractivity contribution in [2.75, 3.05) is 47.5 Å². The molecule has 23 heavy (non-hydrogen) atoms. The van der Waals surface area contributed by atoms with Gasteiger partial charge in [-0.15, -0.1) is 0 Å². The summed E-state index contributed by atoms with van der Waals surface area (Å²) in [6.45, 7) is 5.73. The molecule has 0 bridgehead atoms. The number of hydrogen-bond donors (Lipinski definition) is 1. The van der Waals surface area contributed by atoms with Gasteiger partial charge >= 0.3 is 0 Å². The summed E-state index contributed by atoms with van der Waals surface area (Å²) >= 11 is 0. The maximum Gasteiger partial charge on any atom is 0.193 e. The second kappa shape index (κ2) is 8.77. The number of guanidine groups is 1. The lowest BCUT2D eigenvalue weighted by Crippen LogP contribution is -2.42. The zero-order valence-electron chi connectivity index (χ0n) is 14.7. The number of benzene rings is 1. The molecule has 5 nitrogen and oxygen atoms in total. The van der Waals surface area contributed by atoms with Crippen LogP contribution in [0.25, 0.3) is 0 Å². The van der Waals surface area contributed by atoms with E-state index in [1.165, 1.54) is 5.56 Å². The zero-order valence-corrected chi connectivity index (χ0v) is 14.7. The van der Waals surface area contributed by atoms with Gasteiger partial charge in [-0.05, 0) is 18.1 Å². The van der Waals surface area contributed by atoms with E-state index in [9.17, 15) is 0 Å². The van der Waals surface area contributed by atoms with Gasteiger partial charge in [0.1, 0.15) is 5.75 Å². The summed E-state index contributed by atoms with van der Waals surface area (Å²) < 4.78 is 10.9. The number of aliphatic imine (C=N–C) groups is 1. The summed E-state index contributed by atoms with van der Waals surface area (Å²) in [5, 5.41) is 3.47. The topological polar surface area (TPSA) is 46.1 Å². The quantitative estimate of drug-likeness (QED) is 0.646. The molecule has 0 saturated carbocycles. The molecule has 0 spiro atoms. The minimum Gasteiger partial charge on any atom is -0.496 e. The Morgan fingerprint density at radius 3 is 2.91 bits per heavy atom. The molecule has 1 aromatic carbocycles. The largest absolute Gasteiger partial charge is 0.496 e. The number of ether oxygens (including phenoxy) is 2. The Kier molecular flexibility index (Phi) is 6.71. The molecule has 2 rings (SSSR count). The fourth-order valence-electron chi connectivity index (χ4n) is 3.01. The summed E-state index contributed by atoms with van der Waals surface area (Å²) in [5.41, 5.74) is 1.21. The van der Waals surface area contributed by atoms with Crippen LogP contribution in [0.5, 0.6) is 5.75 Å². The highest BCUT2D eigenvalue weighted by atomic mass is 16.5. The van der Waals surface area contributed by atoms with E-state index in [1.54, 1.807) is 7.11 Å². The molecule has 0 aromatic heterocycles. The molecular formula is C18H29N3O2. The lowest BCUT2D eigenvalue weighted by Gasteiger charge is -2.26. The second-order valence-electron chi connectivity index (χ2n) is 6.18. The molecule has 0 radical (unpaired) electrons. The normalized spacial score (nSPS) is 19.5. The molecule has 1 N–H and O–H groups in total. The molecule has 2 atom stereocenters. The predicted octanol–water partition coefficient (Wildman–Crippen LogP) is 2.34. The van der Waals surface area contributed by atoms with Crippen molar-refractivity contribution in [2.45, 2.75) is 19.3 Å². The van der Waals surface area contributed by atoms with E-state index in [-0.39, 0.29) is 0 Å². The standard InChI is InChI=1S/C18H29N3O2/c1-14(16-7-5-6-8-17(16)22-4)11-20-18(19-2)21(3)12-15-9-10-23-13-15/h5-8,14-15H,9-13H2,1-4H3,(H,19,20). The fourth-order valence-corrected chi connectivity index (χ4v) is 3.01. The summed E-state index contributed by atoms with van der Waals surface area (Å²) in [6.07, 6.45) is 1.14. The predicted molar refractivity (Wildman–Crippen MR) is 94.3 cm³/mol. The van der Waals surface area contributed by atoms with E-state index in [0.717, 1.165) is 44.4 Å². The molecule has 1 aliphatic rings. The number of nitrogens with one attached hydrogen (secondary N) is 1. The van der Waals surface area contributed by atoms with Crippen LogP contribution in [0.2, 0.25) is 0 Å². The molecule has 0 amide bonds. The van der Waals surface area contributed by atoms with Gasteiger partial charge in [0.15, 0.2) is 5.96 Å². The van der Waals surface area contributed by atoms with Gasteiger partial charge in [0, 0.05) is 45.6 Å². The first-order valence-electron chi connectivity index (χ1n) is 8.28. The van der Waals surface area contributed by atoms with Crippen LogP contribution in [0.15, 0.2) is 29.3 Å². The Labute approximate surface area is 139 Å².